The first-order valence-corrected chi connectivity index (χ1v) is 3.56. The number of hydrogen-bond acceptors (Lipinski definition) is 2. The molecule has 0 aromatic carbocycles. The summed E-state index contributed by atoms with van der Waals surface area (Å²) in [5.74, 6) is 1.66. The zero-order chi connectivity index (χ0) is 8.69. The second-order valence-electron chi connectivity index (χ2n) is 2.56. The average molecular weight is 154 g/mol. The summed E-state index contributed by atoms with van der Waals surface area (Å²) in [5, 5.41) is 2.59. The van der Waals surface area contributed by atoms with E-state index in [-0.39, 0.29) is 5.91 Å². The molecule has 0 bridgehead atoms. The molecule has 0 aliphatic carbocycles. The molecule has 0 saturated heterocycles. The van der Waals surface area contributed by atoms with Crippen molar-refractivity contribution in [2.75, 3.05) is 27.2 Å². The first kappa shape index (κ1) is 9.99. The largest absolute Gasteiger partial charge is 0.345 e. The Kier molecular flexibility index (Phi) is 5.22. The van der Waals surface area contributed by atoms with Crippen LogP contribution in [0.1, 0.15) is 6.42 Å². The Balaban J connectivity index is 3.16. The van der Waals surface area contributed by atoms with E-state index in [0.717, 1.165) is 13.0 Å². The second kappa shape index (κ2) is 5.75. The molecular weight excluding hydrogens is 140 g/mol. The fourth-order valence-electron chi connectivity index (χ4n) is 0.648. The zero-order valence-corrected chi connectivity index (χ0v) is 7.05. The van der Waals surface area contributed by atoms with Gasteiger partial charge in [0.2, 0.25) is 0 Å². The SMILES string of the molecule is C#CC(=O)NCCCN(C)C. The Labute approximate surface area is 67.8 Å². The Morgan fingerprint density at radius 2 is 2.27 bits per heavy atom. The van der Waals surface area contributed by atoms with Crippen LogP contribution in [0.25, 0.3) is 0 Å². The maximum atomic E-state index is 10.5. The van der Waals surface area contributed by atoms with Gasteiger partial charge < -0.3 is 10.2 Å². The zero-order valence-electron chi connectivity index (χ0n) is 7.05. The quantitative estimate of drug-likeness (QED) is 0.445. The smallest absolute Gasteiger partial charge is 0.295 e. The summed E-state index contributed by atoms with van der Waals surface area (Å²) >= 11 is 0. The molecule has 0 heterocycles. The van der Waals surface area contributed by atoms with Crippen LogP contribution in [0.2, 0.25) is 0 Å². The minimum absolute atomic E-state index is 0.330. The standard InChI is InChI=1S/C8H14N2O/c1-4-8(11)9-6-5-7-10(2)3/h1H,5-7H2,2-3H3,(H,9,11). The lowest BCUT2D eigenvalue weighted by Crippen LogP contribution is -2.25. The van der Waals surface area contributed by atoms with Gasteiger partial charge in [-0.25, -0.2) is 0 Å². The monoisotopic (exact) mass is 154 g/mol. The normalized spacial score (nSPS) is 9.27. The van der Waals surface area contributed by atoms with Gasteiger partial charge in [0.05, 0.1) is 0 Å². The molecular formula is C8H14N2O. The molecule has 3 heteroatoms. The molecule has 0 unspecified atom stereocenters. The number of rotatable bonds is 4. The van der Waals surface area contributed by atoms with E-state index in [0.29, 0.717) is 6.54 Å². The van der Waals surface area contributed by atoms with Crippen LogP contribution in [0, 0.1) is 12.3 Å². The molecule has 0 rings (SSSR count). The molecule has 0 fully saturated rings. The molecule has 0 atom stereocenters. The van der Waals surface area contributed by atoms with E-state index in [9.17, 15) is 4.79 Å². The summed E-state index contributed by atoms with van der Waals surface area (Å²) < 4.78 is 0. The van der Waals surface area contributed by atoms with Crippen molar-refractivity contribution in [1.82, 2.24) is 10.2 Å². The molecule has 0 aliphatic heterocycles. The lowest BCUT2D eigenvalue weighted by atomic mass is 10.4. The van der Waals surface area contributed by atoms with Crippen LogP contribution in [-0.2, 0) is 4.79 Å². The fourth-order valence-corrected chi connectivity index (χ4v) is 0.648. The van der Waals surface area contributed by atoms with Gasteiger partial charge in [-0.1, -0.05) is 0 Å². The highest BCUT2D eigenvalue weighted by atomic mass is 16.1. The van der Waals surface area contributed by atoms with E-state index in [1.165, 1.54) is 0 Å². The van der Waals surface area contributed by atoms with Crippen molar-refractivity contribution < 1.29 is 4.79 Å². The number of nitrogens with one attached hydrogen (secondary N) is 1. The topological polar surface area (TPSA) is 32.3 Å². The molecule has 1 N–H and O–H groups in total. The van der Waals surface area contributed by atoms with Crippen LogP contribution in [0.3, 0.4) is 0 Å². The molecule has 1 amide bonds. The molecule has 0 radical (unpaired) electrons. The van der Waals surface area contributed by atoms with Gasteiger partial charge in [0.1, 0.15) is 0 Å². The maximum Gasteiger partial charge on any atom is 0.295 e. The minimum atomic E-state index is -0.330. The van der Waals surface area contributed by atoms with Gasteiger partial charge in [-0.15, -0.1) is 6.42 Å². The molecule has 0 aromatic rings. The van der Waals surface area contributed by atoms with Gasteiger partial charge in [-0.2, -0.15) is 0 Å². The molecule has 0 saturated carbocycles. The highest BCUT2D eigenvalue weighted by Crippen LogP contribution is 1.79. The number of nitrogens with zero attached hydrogens (tertiary/aromatic N) is 1. The third kappa shape index (κ3) is 6.88. The van der Waals surface area contributed by atoms with Crippen molar-refractivity contribution in [2.45, 2.75) is 6.42 Å². The molecule has 0 aromatic heterocycles. The molecule has 0 spiro atoms. The number of hydrogen-bond donors (Lipinski definition) is 1. The van der Waals surface area contributed by atoms with Crippen molar-refractivity contribution >= 4 is 5.91 Å². The number of carbonyl (C=O) groups excluding carboxylic acids is 1. The highest BCUT2D eigenvalue weighted by molar-refractivity contribution is 5.92. The average Bonchev–Trinajstić information content (AvgIpc) is 1.97. The molecule has 62 valence electrons. The van der Waals surface area contributed by atoms with Gasteiger partial charge in [0.15, 0.2) is 0 Å². The summed E-state index contributed by atoms with van der Waals surface area (Å²) in [4.78, 5) is 12.6. The minimum Gasteiger partial charge on any atom is -0.345 e. The van der Waals surface area contributed by atoms with E-state index in [1.807, 2.05) is 20.0 Å². The Bertz CT molecular complexity index is 158. The van der Waals surface area contributed by atoms with Crippen molar-refractivity contribution in [2.24, 2.45) is 0 Å². The number of amides is 1. The van der Waals surface area contributed by atoms with Gasteiger partial charge in [-0.3, -0.25) is 4.79 Å². The summed E-state index contributed by atoms with van der Waals surface area (Å²) in [6.07, 6.45) is 5.77. The van der Waals surface area contributed by atoms with E-state index >= 15 is 0 Å². The van der Waals surface area contributed by atoms with Gasteiger partial charge in [0.25, 0.3) is 5.91 Å². The van der Waals surface area contributed by atoms with Crippen LogP contribution in [0.5, 0.6) is 0 Å². The Morgan fingerprint density at radius 3 is 2.73 bits per heavy atom. The van der Waals surface area contributed by atoms with Gasteiger partial charge in [-0.05, 0) is 33.0 Å². The third-order valence-corrected chi connectivity index (χ3v) is 1.20. The summed E-state index contributed by atoms with van der Waals surface area (Å²) in [6, 6.07) is 0. The molecule has 0 aliphatic rings. The van der Waals surface area contributed by atoms with E-state index in [1.54, 1.807) is 0 Å². The van der Waals surface area contributed by atoms with Crippen LogP contribution < -0.4 is 5.32 Å². The van der Waals surface area contributed by atoms with Crippen LogP contribution in [0.4, 0.5) is 0 Å². The summed E-state index contributed by atoms with van der Waals surface area (Å²) in [7, 11) is 3.98. The maximum absolute atomic E-state index is 10.5. The van der Waals surface area contributed by atoms with Crippen molar-refractivity contribution in [3.63, 3.8) is 0 Å². The number of carbonyl (C=O) groups is 1. The number of terminal acetylenes is 1. The first-order chi connectivity index (χ1) is 5.16. The highest BCUT2D eigenvalue weighted by Gasteiger charge is 1.93. The third-order valence-electron chi connectivity index (χ3n) is 1.20. The summed E-state index contributed by atoms with van der Waals surface area (Å²) in [5.41, 5.74) is 0. The van der Waals surface area contributed by atoms with Crippen LogP contribution >= 0.6 is 0 Å². The van der Waals surface area contributed by atoms with Crippen LogP contribution in [-0.4, -0.2) is 38.0 Å². The molecule has 11 heavy (non-hydrogen) atoms. The van der Waals surface area contributed by atoms with Crippen molar-refractivity contribution in [3.8, 4) is 12.3 Å². The fraction of sp³-hybridized carbons (Fsp3) is 0.625. The van der Waals surface area contributed by atoms with E-state index < -0.39 is 0 Å². The van der Waals surface area contributed by atoms with Crippen LogP contribution in [0.15, 0.2) is 0 Å². The lowest BCUT2D eigenvalue weighted by Gasteiger charge is -2.08. The second-order valence-corrected chi connectivity index (χ2v) is 2.56. The van der Waals surface area contributed by atoms with Gasteiger partial charge in [0, 0.05) is 6.54 Å². The predicted molar refractivity (Wildman–Crippen MR) is 45.0 cm³/mol. The summed E-state index contributed by atoms with van der Waals surface area (Å²) in [6.45, 7) is 1.62. The van der Waals surface area contributed by atoms with Gasteiger partial charge >= 0.3 is 0 Å². The van der Waals surface area contributed by atoms with E-state index in [4.69, 9.17) is 6.42 Å². The van der Waals surface area contributed by atoms with Crippen molar-refractivity contribution in [3.05, 3.63) is 0 Å². The Hall–Kier alpha value is -1.01. The predicted octanol–water partition coefficient (Wildman–Crippen LogP) is -0.312. The molecule has 3 nitrogen and oxygen atoms in total. The lowest BCUT2D eigenvalue weighted by molar-refractivity contribution is -0.115. The van der Waals surface area contributed by atoms with Crippen molar-refractivity contribution in [1.29, 1.82) is 0 Å². The first-order valence-electron chi connectivity index (χ1n) is 3.56. The van der Waals surface area contributed by atoms with E-state index in [2.05, 4.69) is 10.2 Å². The Morgan fingerprint density at radius 1 is 1.64 bits per heavy atom.